The Morgan fingerprint density at radius 2 is 1.50 bits per heavy atom. The van der Waals surface area contributed by atoms with Gasteiger partial charge in [0.15, 0.2) is 0 Å². The molecule has 1 fully saturated rings. The molecule has 0 unspecified atom stereocenters. The zero-order chi connectivity index (χ0) is 33.2. The minimum absolute atomic E-state index is 0.00793. The van der Waals surface area contributed by atoms with Gasteiger partial charge in [-0.2, -0.15) is 0 Å². The summed E-state index contributed by atoms with van der Waals surface area (Å²) in [6, 6.07) is 30.6. The topological polar surface area (TPSA) is 118 Å². The third-order valence-electron chi connectivity index (χ3n) is 9.41. The van der Waals surface area contributed by atoms with Crippen LogP contribution in [-0.4, -0.2) is 66.0 Å². The van der Waals surface area contributed by atoms with E-state index in [2.05, 4.69) is 34.6 Å². The first-order valence-corrected chi connectivity index (χ1v) is 16.1. The molecule has 1 aliphatic carbocycles. The number of rotatable bonds is 9. The second-order valence-electron chi connectivity index (χ2n) is 12.2. The molecule has 242 valence electrons. The minimum atomic E-state index is -1.10. The fourth-order valence-electron chi connectivity index (χ4n) is 7.08. The summed E-state index contributed by atoms with van der Waals surface area (Å²) in [5.41, 5.74) is 6.63. The SMILES string of the molecule is COC(=O)[C@H](Cc1c(C(=O)c2ccccc2)[nH]c2ccccc12)NC(=O)[C@@H]1CCCN1C(=O)OCC1c2ccccc2-c2ccccc21. The average molecular weight is 642 g/mol. The van der Waals surface area contributed by atoms with Crippen LogP contribution in [0.3, 0.4) is 0 Å². The Balaban J connectivity index is 1.08. The fraction of sp³-hybridized carbons (Fsp3) is 0.231. The van der Waals surface area contributed by atoms with Gasteiger partial charge in [0.25, 0.3) is 0 Å². The standard InChI is InChI=1S/C39H35N3O6/c1-47-38(45)33(22-30-29-18-9-10-19-32(29)40-35(30)36(43)24-12-3-2-4-13-24)41-37(44)34-20-11-21-42(34)39(46)48-23-31-27-16-7-5-14-25(27)26-15-6-8-17-28(26)31/h2-10,12-19,31,33-34,40H,11,20-23H2,1H3,(H,41,44)/t33-,34-/m0/s1. The lowest BCUT2D eigenvalue weighted by Gasteiger charge is -2.26. The second-order valence-corrected chi connectivity index (χ2v) is 12.2. The number of benzene rings is 4. The number of nitrogens with zero attached hydrogens (tertiary/aromatic N) is 1. The van der Waals surface area contributed by atoms with Crippen molar-refractivity contribution in [2.24, 2.45) is 0 Å². The molecular formula is C39H35N3O6. The van der Waals surface area contributed by atoms with Gasteiger partial charge in [0, 0.05) is 35.3 Å². The number of hydrogen-bond acceptors (Lipinski definition) is 6. The maximum Gasteiger partial charge on any atom is 0.410 e. The van der Waals surface area contributed by atoms with Gasteiger partial charge in [-0.15, -0.1) is 0 Å². The number of hydrogen-bond donors (Lipinski definition) is 2. The maximum absolute atomic E-state index is 13.8. The number of aromatic amines is 1. The van der Waals surface area contributed by atoms with Crippen LogP contribution in [0.1, 0.15) is 51.5 Å². The summed E-state index contributed by atoms with van der Waals surface area (Å²) in [5, 5.41) is 3.60. The van der Waals surface area contributed by atoms with E-state index in [-0.39, 0.29) is 24.7 Å². The van der Waals surface area contributed by atoms with Crippen molar-refractivity contribution in [3.63, 3.8) is 0 Å². The van der Waals surface area contributed by atoms with Crippen LogP contribution < -0.4 is 5.32 Å². The second kappa shape index (κ2) is 13.2. The Bertz CT molecular complexity index is 1970. The third-order valence-corrected chi connectivity index (χ3v) is 9.41. The number of fused-ring (bicyclic) bond motifs is 4. The van der Waals surface area contributed by atoms with Crippen LogP contribution in [0.2, 0.25) is 0 Å². The van der Waals surface area contributed by atoms with Crippen LogP contribution in [0.25, 0.3) is 22.0 Å². The molecule has 1 aliphatic heterocycles. The first kappa shape index (κ1) is 30.9. The molecule has 2 aliphatic rings. The number of likely N-dealkylation sites (tertiary alicyclic amines) is 1. The van der Waals surface area contributed by atoms with Crippen LogP contribution in [0.4, 0.5) is 4.79 Å². The molecule has 7 rings (SSSR count). The van der Waals surface area contributed by atoms with Crippen molar-refractivity contribution in [3.8, 4) is 11.1 Å². The molecule has 4 aromatic carbocycles. The Kier molecular flexibility index (Phi) is 8.50. The largest absolute Gasteiger partial charge is 0.467 e. The molecule has 0 spiro atoms. The number of amides is 2. The molecule has 0 saturated carbocycles. The summed E-state index contributed by atoms with van der Waals surface area (Å²) in [6.45, 7) is 0.497. The van der Waals surface area contributed by atoms with E-state index in [0.717, 1.165) is 33.2 Å². The number of para-hydroxylation sites is 1. The number of carbonyl (C=O) groups is 4. The van der Waals surface area contributed by atoms with Gasteiger partial charge >= 0.3 is 12.1 Å². The van der Waals surface area contributed by atoms with Crippen molar-refractivity contribution in [1.29, 1.82) is 0 Å². The number of methoxy groups -OCH3 is 1. The molecule has 9 heteroatoms. The van der Waals surface area contributed by atoms with Gasteiger partial charge in [0.2, 0.25) is 11.7 Å². The van der Waals surface area contributed by atoms with Crippen molar-refractivity contribution in [2.45, 2.75) is 37.3 Å². The molecule has 2 N–H and O–H groups in total. The number of aromatic nitrogens is 1. The van der Waals surface area contributed by atoms with E-state index < -0.39 is 30.1 Å². The Morgan fingerprint density at radius 1 is 0.854 bits per heavy atom. The fourth-order valence-corrected chi connectivity index (χ4v) is 7.08. The van der Waals surface area contributed by atoms with Gasteiger partial charge in [-0.05, 0) is 46.7 Å². The van der Waals surface area contributed by atoms with Crippen molar-refractivity contribution in [1.82, 2.24) is 15.2 Å². The van der Waals surface area contributed by atoms with Crippen LogP contribution in [0, 0.1) is 0 Å². The molecule has 9 nitrogen and oxygen atoms in total. The summed E-state index contributed by atoms with van der Waals surface area (Å²) in [5.74, 6) is -1.47. The third kappa shape index (κ3) is 5.72. The van der Waals surface area contributed by atoms with Gasteiger partial charge in [-0.25, -0.2) is 9.59 Å². The number of ketones is 1. The lowest BCUT2D eigenvalue weighted by atomic mass is 9.97. The van der Waals surface area contributed by atoms with Crippen LogP contribution in [0.15, 0.2) is 103 Å². The zero-order valence-corrected chi connectivity index (χ0v) is 26.5. The molecule has 5 aromatic rings. The van der Waals surface area contributed by atoms with Gasteiger partial charge in [-0.1, -0.05) is 97.1 Å². The highest BCUT2D eigenvalue weighted by Crippen LogP contribution is 2.44. The minimum Gasteiger partial charge on any atom is -0.467 e. The Labute approximate surface area is 277 Å². The molecule has 0 radical (unpaired) electrons. The molecule has 0 bridgehead atoms. The van der Waals surface area contributed by atoms with Gasteiger partial charge < -0.3 is 19.8 Å². The molecule has 48 heavy (non-hydrogen) atoms. The highest BCUT2D eigenvalue weighted by Gasteiger charge is 2.38. The number of ether oxygens (including phenoxy) is 2. The first-order valence-electron chi connectivity index (χ1n) is 16.1. The molecular weight excluding hydrogens is 606 g/mol. The Hall–Kier alpha value is -5.70. The average Bonchev–Trinajstić information content (AvgIpc) is 3.85. The molecule has 2 heterocycles. The van der Waals surface area contributed by atoms with Crippen molar-refractivity contribution < 1.29 is 28.7 Å². The first-order chi connectivity index (χ1) is 23.4. The van der Waals surface area contributed by atoms with E-state index in [4.69, 9.17) is 9.47 Å². The van der Waals surface area contributed by atoms with E-state index in [0.29, 0.717) is 36.2 Å². The quantitative estimate of drug-likeness (QED) is 0.150. The van der Waals surface area contributed by atoms with E-state index in [1.807, 2.05) is 54.6 Å². The van der Waals surface area contributed by atoms with E-state index in [1.54, 1.807) is 24.3 Å². The van der Waals surface area contributed by atoms with E-state index in [9.17, 15) is 19.2 Å². The van der Waals surface area contributed by atoms with Crippen molar-refractivity contribution >= 4 is 34.7 Å². The molecule has 1 saturated heterocycles. The summed E-state index contributed by atoms with van der Waals surface area (Å²) < 4.78 is 11.0. The summed E-state index contributed by atoms with van der Waals surface area (Å²) >= 11 is 0. The predicted molar refractivity (Wildman–Crippen MR) is 181 cm³/mol. The smallest absolute Gasteiger partial charge is 0.410 e. The normalized spacial score (nSPS) is 15.9. The number of nitrogens with one attached hydrogen (secondary N) is 2. The molecule has 1 aromatic heterocycles. The lowest BCUT2D eigenvalue weighted by molar-refractivity contribution is -0.145. The lowest BCUT2D eigenvalue weighted by Crippen LogP contribution is -2.52. The van der Waals surface area contributed by atoms with Crippen molar-refractivity contribution in [2.75, 3.05) is 20.3 Å². The van der Waals surface area contributed by atoms with Gasteiger partial charge in [0.05, 0.1) is 12.8 Å². The van der Waals surface area contributed by atoms with E-state index in [1.165, 1.54) is 12.0 Å². The number of H-pyrrole nitrogens is 1. The van der Waals surface area contributed by atoms with Crippen LogP contribution in [-0.2, 0) is 25.5 Å². The summed E-state index contributed by atoms with van der Waals surface area (Å²) in [7, 11) is 1.26. The monoisotopic (exact) mass is 641 g/mol. The molecule has 2 amide bonds. The van der Waals surface area contributed by atoms with Gasteiger partial charge in [0.1, 0.15) is 18.7 Å². The predicted octanol–water partition coefficient (Wildman–Crippen LogP) is 6.01. The zero-order valence-electron chi connectivity index (χ0n) is 26.5. The van der Waals surface area contributed by atoms with Gasteiger partial charge in [-0.3, -0.25) is 14.5 Å². The van der Waals surface area contributed by atoms with Crippen LogP contribution >= 0.6 is 0 Å². The number of carbonyl (C=O) groups excluding carboxylic acids is 4. The summed E-state index contributed by atoms with van der Waals surface area (Å²) in [6.07, 6.45) is 0.475. The molecule has 2 atom stereocenters. The maximum atomic E-state index is 13.8. The van der Waals surface area contributed by atoms with Crippen molar-refractivity contribution in [3.05, 3.63) is 131 Å². The highest BCUT2D eigenvalue weighted by molar-refractivity contribution is 6.12. The van der Waals surface area contributed by atoms with Crippen LogP contribution in [0.5, 0.6) is 0 Å². The summed E-state index contributed by atoms with van der Waals surface area (Å²) in [4.78, 5) is 58.6. The van der Waals surface area contributed by atoms with E-state index >= 15 is 0 Å². The Morgan fingerprint density at radius 3 is 2.21 bits per heavy atom. The number of esters is 1. The highest BCUT2D eigenvalue weighted by atomic mass is 16.6.